The van der Waals surface area contributed by atoms with Crippen molar-refractivity contribution in [1.82, 2.24) is 5.32 Å². The third kappa shape index (κ3) is 4.44. The van der Waals surface area contributed by atoms with Crippen molar-refractivity contribution in [3.63, 3.8) is 0 Å². The Hall–Kier alpha value is -2.11. The van der Waals surface area contributed by atoms with Gasteiger partial charge in [-0.15, -0.1) is 0 Å². The van der Waals surface area contributed by atoms with Crippen molar-refractivity contribution >= 4 is 5.97 Å². The summed E-state index contributed by atoms with van der Waals surface area (Å²) in [4.78, 5) is 11.3. The Morgan fingerprint density at radius 1 is 1.38 bits per heavy atom. The maximum absolute atomic E-state index is 11.3. The summed E-state index contributed by atoms with van der Waals surface area (Å²) in [5.41, 5.74) is 1.54. The number of aliphatic hydroxyl groups excluding tert-OH is 1. The van der Waals surface area contributed by atoms with Gasteiger partial charge in [0.1, 0.15) is 12.0 Å². The van der Waals surface area contributed by atoms with Gasteiger partial charge < -0.3 is 19.6 Å². The smallest absolute Gasteiger partial charge is 0.341 e. The number of furan rings is 1. The molecule has 0 aliphatic carbocycles. The Bertz CT molecular complexity index is 565. The van der Waals surface area contributed by atoms with Gasteiger partial charge in [0.2, 0.25) is 0 Å². The van der Waals surface area contributed by atoms with Crippen molar-refractivity contribution in [3.8, 4) is 0 Å². The van der Waals surface area contributed by atoms with Crippen molar-refractivity contribution in [3.05, 3.63) is 59.5 Å². The summed E-state index contributed by atoms with van der Waals surface area (Å²) in [6.45, 7) is 0.467. The molecule has 5 heteroatoms. The van der Waals surface area contributed by atoms with Crippen LogP contribution in [0.2, 0.25) is 0 Å². The van der Waals surface area contributed by atoms with Crippen molar-refractivity contribution in [2.24, 2.45) is 0 Å². The fourth-order valence-corrected chi connectivity index (χ4v) is 2.04. The van der Waals surface area contributed by atoms with E-state index in [1.807, 2.05) is 30.3 Å². The topological polar surface area (TPSA) is 71.7 Å². The molecule has 1 aromatic carbocycles. The van der Waals surface area contributed by atoms with Gasteiger partial charge in [0.05, 0.1) is 25.8 Å². The molecule has 1 aromatic heterocycles. The molecular formula is C16H19NO4. The van der Waals surface area contributed by atoms with Crippen LogP contribution in [0.3, 0.4) is 0 Å². The Morgan fingerprint density at radius 2 is 2.14 bits per heavy atom. The van der Waals surface area contributed by atoms with Crippen LogP contribution in [0.25, 0.3) is 0 Å². The van der Waals surface area contributed by atoms with E-state index < -0.39 is 5.97 Å². The minimum absolute atomic E-state index is 0.0272. The van der Waals surface area contributed by atoms with Gasteiger partial charge in [-0.2, -0.15) is 0 Å². The third-order valence-corrected chi connectivity index (χ3v) is 3.19. The number of nitrogens with one attached hydrogen (secondary N) is 1. The van der Waals surface area contributed by atoms with E-state index in [4.69, 9.17) is 4.42 Å². The summed E-state index contributed by atoms with van der Waals surface area (Å²) in [6, 6.07) is 11.5. The summed E-state index contributed by atoms with van der Waals surface area (Å²) in [5, 5.41) is 12.6. The molecule has 0 aliphatic heterocycles. The highest BCUT2D eigenvalue weighted by Crippen LogP contribution is 2.10. The van der Waals surface area contributed by atoms with Crippen LogP contribution in [0.4, 0.5) is 0 Å². The average molecular weight is 289 g/mol. The molecular weight excluding hydrogens is 270 g/mol. The lowest BCUT2D eigenvalue weighted by atomic mass is 10.1. The SMILES string of the molecule is COC(=O)c1coc(CN[C@H](CO)Cc2ccccc2)c1. The second-order valence-electron chi connectivity index (χ2n) is 4.74. The quantitative estimate of drug-likeness (QED) is 0.760. The number of carbonyl (C=O) groups is 1. The van der Waals surface area contributed by atoms with E-state index in [2.05, 4.69) is 10.1 Å². The van der Waals surface area contributed by atoms with Crippen molar-refractivity contribution in [1.29, 1.82) is 0 Å². The minimum atomic E-state index is -0.423. The predicted octanol–water partition coefficient (Wildman–Crippen LogP) is 1.76. The molecule has 5 nitrogen and oxygen atoms in total. The lowest BCUT2D eigenvalue weighted by Gasteiger charge is -2.15. The maximum Gasteiger partial charge on any atom is 0.341 e. The first kappa shape index (κ1) is 15.3. The molecule has 112 valence electrons. The van der Waals surface area contributed by atoms with Crippen molar-refractivity contribution < 1.29 is 19.1 Å². The molecule has 0 unspecified atom stereocenters. The van der Waals surface area contributed by atoms with E-state index in [0.29, 0.717) is 17.9 Å². The van der Waals surface area contributed by atoms with Crippen LogP contribution in [0.15, 0.2) is 47.1 Å². The number of methoxy groups -OCH3 is 1. The van der Waals surface area contributed by atoms with Crippen LogP contribution in [0, 0.1) is 0 Å². The lowest BCUT2D eigenvalue weighted by Crippen LogP contribution is -2.33. The molecule has 0 spiro atoms. The van der Waals surface area contributed by atoms with Gasteiger partial charge in [0, 0.05) is 6.04 Å². The van der Waals surface area contributed by atoms with E-state index in [9.17, 15) is 9.90 Å². The summed E-state index contributed by atoms with van der Waals surface area (Å²) in [6.07, 6.45) is 2.09. The molecule has 0 bridgehead atoms. The fraction of sp³-hybridized carbons (Fsp3) is 0.312. The number of carbonyl (C=O) groups excluding carboxylic acids is 1. The van der Waals surface area contributed by atoms with Gasteiger partial charge in [-0.1, -0.05) is 30.3 Å². The Labute approximate surface area is 123 Å². The second kappa shape index (κ2) is 7.61. The largest absolute Gasteiger partial charge is 0.467 e. The summed E-state index contributed by atoms with van der Waals surface area (Å²) >= 11 is 0. The highest BCUT2D eigenvalue weighted by molar-refractivity contribution is 5.88. The molecule has 0 fully saturated rings. The number of benzene rings is 1. The van der Waals surface area contributed by atoms with E-state index >= 15 is 0 Å². The molecule has 21 heavy (non-hydrogen) atoms. The van der Waals surface area contributed by atoms with Gasteiger partial charge in [-0.05, 0) is 18.1 Å². The standard InChI is InChI=1S/C16H19NO4/c1-20-16(19)13-8-15(21-11-13)9-17-14(10-18)7-12-5-3-2-4-6-12/h2-6,8,11,14,17-18H,7,9-10H2,1H3/t14-/m0/s1. The minimum Gasteiger partial charge on any atom is -0.467 e. The van der Waals surface area contributed by atoms with Gasteiger partial charge >= 0.3 is 5.97 Å². The summed E-state index contributed by atoms with van der Waals surface area (Å²) < 4.78 is 9.90. The first-order chi connectivity index (χ1) is 10.2. The van der Waals surface area contributed by atoms with Gasteiger partial charge in [-0.3, -0.25) is 0 Å². The molecule has 0 amide bonds. The molecule has 2 N–H and O–H groups in total. The third-order valence-electron chi connectivity index (χ3n) is 3.19. The zero-order chi connectivity index (χ0) is 15.1. The van der Waals surface area contributed by atoms with Crippen LogP contribution in [-0.2, 0) is 17.7 Å². The molecule has 2 aromatic rings. The van der Waals surface area contributed by atoms with Crippen LogP contribution in [0.1, 0.15) is 21.7 Å². The number of ether oxygens (including phenoxy) is 1. The molecule has 0 aliphatic rings. The first-order valence-electron chi connectivity index (χ1n) is 6.77. The monoisotopic (exact) mass is 289 g/mol. The Morgan fingerprint density at radius 3 is 2.81 bits per heavy atom. The summed E-state index contributed by atoms with van der Waals surface area (Å²) in [5.74, 6) is 0.204. The van der Waals surface area contributed by atoms with Crippen molar-refractivity contribution in [2.45, 2.75) is 19.0 Å². The number of rotatable bonds is 7. The van der Waals surface area contributed by atoms with Crippen molar-refractivity contribution in [2.75, 3.05) is 13.7 Å². The van der Waals surface area contributed by atoms with E-state index in [1.165, 1.54) is 13.4 Å². The highest BCUT2D eigenvalue weighted by atomic mass is 16.5. The fourth-order valence-electron chi connectivity index (χ4n) is 2.04. The van der Waals surface area contributed by atoms with Crippen LogP contribution < -0.4 is 5.32 Å². The van der Waals surface area contributed by atoms with Gasteiger partial charge in [-0.25, -0.2) is 4.79 Å². The molecule has 1 heterocycles. The number of hydrogen-bond acceptors (Lipinski definition) is 5. The summed E-state index contributed by atoms with van der Waals surface area (Å²) in [7, 11) is 1.33. The van der Waals surface area contributed by atoms with Crippen LogP contribution in [-0.4, -0.2) is 30.8 Å². The molecule has 0 saturated heterocycles. The van der Waals surface area contributed by atoms with E-state index in [0.717, 1.165) is 12.0 Å². The number of esters is 1. The van der Waals surface area contributed by atoms with E-state index in [1.54, 1.807) is 6.07 Å². The normalized spacial score (nSPS) is 12.1. The average Bonchev–Trinajstić information content (AvgIpc) is 3.00. The van der Waals surface area contributed by atoms with Gasteiger partial charge in [0.25, 0.3) is 0 Å². The number of hydrogen-bond donors (Lipinski definition) is 2. The zero-order valence-electron chi connectivity index (χ0n) is 11.9. The van der Waals surface area contributed by atoms with Crippen LogP contribution in [0.5, 0.6) is 0 Å². The van der Waals surface area contributed by atoms with Crippen LogP contribution >= 0.6 is 0 Å². The Balaban J connectivity index is 1.88. The lowest BCUT2D eigenvalue weighted by molar-refractivity contribution is 0.0600. The number of aliphatic hydroxyl groups is 1. The first-order valence-corrected chi connectivity index (χ1v) is 6.77. The Kier molecular flexibility index (Phi) is 5.54. The van der Waals surface area contributed by atoms with Gasteiger partial charge in [0.15, 0.2) is 0 Å². The second-order valence-corrected chi connectivity index (χ2v) is 4.74. The molecule has 0 saturated carbocycles. The molecule has 2 rings (SSSR count). The molecule has 0 radical (unpaired) electrons. The zero-order valence-corrected chi connectivity index (χ0v) is 11.9. The van der Waals surface area contributed by atoms with E-state index in [-0.39, 0.29) is 12.6 Å². The predicted molar refractivity (Wildman–Crippen MR) is 77.9 cm³/mol. The molecule has 1 atom stereocenters. The highest BCUT2D eigenvalue weighted by Gasteiger charge is 2.12. The maximum atomic E-state index is 11.3.